The summed E-state index contributed by atoms with van der Waals surface area (Å²) in [5, 5.41) is 19.1. The molecule has 0 radical (unpaired) electrons. The Balaban J connectivity index is 2.33. The molecule has 0 saturated heterocycles. The van der Waals surface area contributed by atoms with Crippen molar-refractivity contribution in [3.05, 3.63) is 0 Å². The SMILES string of the molecule is CCC(O)C(O)C1CCCCC1. The molecule has 0 aromatic heterocycles. The van der Waals surface area contributed by atoms with Gasteiger partial charge in [-0.25, -0.2) is 0 Å². The van der Waals surface area contributed by atoms with Gasteiger partial charge < -0.3 is 10.2 Å². The predicted molar refractivity (Wildman–Crippen MR) is 48.9 cm³/mol. The highest BCUT2D eigenvalue weighted by molar-refractivity contribution is 4.77. The van der Waals surface area contributed by atoms with Crippen LogP contribution in [0.3, 0.4) is 0 Å². The molecular weight excluding hydrogens is 152 g/mol. The molecule has 1 saturated carbocycles. The second-order valence-corrected chi connectivity index (χ2v) is 3.86. The largest absolute Gasteiger partial charge is 0.390 e. The lowest BCUT2D eigenvalue weighted by atomic mass is 9.83. The Labute approximate surface area is 74.6 Å². The Bertz CT molecular complexity index is 119. The lowest BCUT2D eigenvalue weighted by Gasteiger charge is -2.29. The van der Waals surface area contributed by atoms with E-state index in [0.717, 1.165) is 12.8 Å². The van der Waals surface area contributed by atoms with Gasteiger partial charge in [0, 0.05) is 0 Å². The van der Waals surface area contributed by atoms with Gasteiger partial charge in [0.25, 0.3) is 0 Å². The van der Waals surface area contributed by atoms with E-state index < -0.39 is 12.2 Å². The number of hydrogen-bond donors (Lipinski definition) is 2. The van der Waals surface area contributed by atoms with Crippen LogP contribution in [0.2, 0.25) is 0 Å². The van der Waals surface area contributed by atoms with Gasteiger partial charge in [-0.15, -0.1) is 0 Å². The highest BCUT2D eigenvalue weighted by Crippen LogP contribution is 2.28. The van der Waals surface area contributed by atoms with Crippen LogP contribution in [0.25, 0.3) is 0 Å². The zero-order valence-corrected chi connectivity index (χ0v) is 7.87. The van der Waals surface area contributed by atoms with Crippen molar-refractivity contribution in [1.82, 2.24) is 0 Å². The monoisotopic (exact) mass is 172 g/mol. The molecule has 0 heterocycles. The van der Waals surface area contributed by atoms with Crippen LogP contribution in [0.15, 0.2) is 0 Å². The molecule has 0 aromatic carbocycles. The van der Waals surface area contributed by atoms with Gasteiger partial charge in [-0.05, 0) is 25.2 Å². The average Bonchev–Trinajstić information content (AvgIpc) is 2.17. The highest BCUT2D eigenvalue weighted by Gasteiger charge is 2.26. The maximum Gasteiger partial charge on any atom is 0.0827 e. The molecular formula is C10H20O2. The topological polar surface area (TPSA) is 40.5 Å². The van der Waals surface area contributed by atoms with E-state index in [9.17, 15) is 10.2 Å². The van der Waals surface area contributed by atoms with Gasteiger partial charge in [0.1, 0.15) is 0 Å². The van der Waals surface area contributed by atoms with Crippen LogP contribution in [-0.4, -0.2) is 22.4 Å². The smallest absolute Gasteiger partial charge is 0.0827 e. The molecule has 12 heavy (non-hydrogen) atoms. The fraction of sp³-hybridized carbons (Fsp3) is 1.00. The third kappa shape index (κ3) is 2.46. The van der Waals surface area contributed by atoms with Gasteiger partial charge in [-0.2, -0.15) is 0 Å². The van der Waals surface area contributed by atoms with Crippen molar-refractivity contribution < 1.29 is 10.2 Å². The van der Waals surface area contributed by atoms with Gasteiger partial charge in [-0.1, -0.05) is 26.2 Å². The van der Waals surface area contributed by atoms with E-state index in [4.69, 9.17) is 0 Å². The minimum Gasteiger partial charge on any atom is -0.390 e. The molecule has 1 aliphatic rings. The standard InChI is InChI=1S/C10H20O2/c1-2-9(11)10(12)8-6-4-3-5-7-8/h8-12H,2-7H2,1H3. The molecule has 1 fully saturated rings. The molecule has 0 aromatic rings. The van der Waals surface area contributed by atoms with E-state index in [-0.39, 0.29) is 0 Å². The molecule has 2 heteroatoms. The molecule has 2 nitrogen and oxygen atoms in total. The summed E-state index contributed by atoms with van der Waals surface area (Å²) >= 11 is 0. The zero-order valence-electron chi connectivity index (χ0n) is 7.87. The number of aliphatic hydroxyl groups is 2. The van der Waals surface area contributed by atoms with Crippen LogP contribution in [0, 0.1) is 5.92 Å². The van der Waals surface area contributed by atoms with Crippen molar-refractivity contribution in [2.45, 2.75) is 57.7 Å². The van der Waals surface area contributed by atoms with E-state index in [1.54, 1.807) is 0 Å². The van der Waals surface area contributed by atoms with Crippen molar-refractivity contribution in [2.24, 2.45) is 5.92 Å². The van der Waals surface area contributed by atoms with E-state index in [0.29, 0.717) is 12.3 Å². The zero-order chi connectivity index (χ0) is 8.97. The van der Waals surface area contributed by atoms with Crippen molar-refractivity contribution in [1.29, 1.82) is 0 Å². The molecule has 72 valence electrons. The van der Waals surface area contributed by atoms with E-state index in [1.807, 2.05) is 6.92 Å². The molecule has 2 unspecified atom stereocenters. The van der Waals surface area contributed by atoms with Crippen LogP contribution in [0.4, 0.5) is 0 Å². The molecule has 2 N–H and O–H groups in total. The Kier molecular flexibility index (Phi) is 4.02. The van der Waals surface area contributed by atoms with Gasteiger partial charge in [0.05, 0.1) is 12.2 Å². The lowest BCUT2D eigenvalue weighted by molar-refractivity contribution is -0.0282. The summed E-state index contributed by atoms with van der Waals surface area (Å²) in [6, 6.07) is 0. The maximum absolute atomic E-state index is 9.69. The van der Waals surface area contributed by atoms with E-state index >= 15 is 0 Å². The minimum absolute atomic E-state index is 0.355. The summed E-state index contributed by atoms with van der Waals surface area (Å²) in [7, 11) is 0. The minimum atomic E-state index is -0.506. The first-order chi connectivity index (χ1) is 5.75. The molecule has 0 bridgehead atoms. The Morgan fingerprint density at radius 3 is 2.25 bits per heavy atom. The first-order valence-corrected chi connectivity index (χ1v) is 5.11. The second-order valence-electron chi connectivity index (χ2n) is 3.86. The number of rotatable bonds is 3. The summed E-state index contributed by atoms with van der Waals surface area (Å²) in [6.45, 7) is 1.91. The average molecular weight is 172 g/mol. The number of aliphatic hydroxyl groups excluding tert-OH is 2. The fourth-order valence-electron chi connectivity index (χ4n) is 2.03. The van der Waals surface area contributed by atoms with E-state index in [1.165, 1.54) is 19.3 Å². The van der Waals surface area contributed by atoms with Gasteiger partial charge >= 0.3 is 0 Å². The molecule has 1 aliphatic carbocycles. The van der Waals surface area contributed by atoms with Crippen LogP contribution in [-0.2, 0) is 0 Å². The van der Waals surface area contributed by atoms with Gasteiger partial charge in [-0.3, -0.25) is 0 Å². The van der Waals surface area contributed by atoms with Gasteiger partial charge in [0.2, 0.25) is 0 Å². The summed E-state index contributed by atoms with van der Waals surface area (Å²) in [5.74, 6) is 0.355. The third-order valence-corrected chi connectivity index (χ3v) is 2.95. The first-order valence-electron chi connectivity index (χ1n) is 5.11. The lowest BCUT2D eigenvalue weighted by Crippen LogP contribution is -2.34. The molecule has 0 spiro atoms. The van der Waals surface area contributed by atoms with Crippen molar-refractivity contribution in [3.8, 4) is 0 Å². The quantitative estimate of drug-likeness (QED) is 0.680. The van der Waals surface area contributed by atoms with Crippen LogP contribution in [0.1, 0.15) is 45.4 Å². The normalized spacial score (nSPS) is 25.2. The number of hydrogen-bond acceptors (Lipinski definition) is 2. The molecule has 2 atom stereocenters. The first kappa shape index (κ1) is 10.0. The predicted octanol–water partition coefficient (Wildman–Crippen LogP) is 1.70. The summed E-state index contributed by atoms with van der Waals surface area (Å²) in [4.78, 5) is 0. The fourth-order valence-corrected chi connectivity index (χ4v) is 2.03. The van der Waals surface area contributed by atoms with E-state index in [2.05, 4.69) is 0 Å². The second kappa shape index (κ2) is 4.83. The van der Waals surface area contributed by atoms with Crippen molar-refractivity contribution in [2.75, 3.05) is 0 Å². The maximum atomic E-state index is 9.69. The molecule has 0 amide bonds. The van der Waals surface area contributed by atoms with Gasteiger partial charge in [0.15, 0.2) is 0 Å². The van der Waals surface area contributed by atoms with Crippen molar-refractivity contribution >= 4 is 0 Å². The Morgan fingerprint density at radius 2 is 1.75 bits per heavy atom. The summed E-state index contributed by atoms with van der Waals surface area (Å²) in [6.07, 6.45) is 5.61. The third-order valence-electron chi connectivity index (χ3n) is 2.95. The van der Waals surface area contributed by atoms with Crippen molar-refractivity contribution in [3.63, 3.8) is 0 Å². The summed E-state index contributed by atoms with van der Waals surface area (Å²) in [5.41, 5.74) is 0. The summed E-state index contributed by atoms with van der Waals surface area (Å²) < 4.78 is 0. The molecule has 1 rings (SSSR count). The Morgan fingerprint density at radius 1 is 1.17 bits per heavy atom. The highest BCUT2D eigenvalue weighted by atomic mass is 16.3. The van der Waals surface area contributed by atoms with Crippen LogP contribution >= 0.6 is 0 Å². The Hall–Kier alpha value is -0.0800. The molecule has 0 aliphatic heterocycles. The van der Waals surface area contributed by atoms with Crippen LogP contribution < -0.4 is 0 Å². The van der Waals surface area contributed by atoms with Crippen LogP contribution in [0.5, 0.6) is 0 Å².